The molecule has 23 heavy (non-hydrogen) atoms. The normalized spacial score (nSPS) is 14.7. The van der Waals surface area contributed by atoms with Crippen molar-refractivity contribution in [1.82, 2.24) is 4.90 Å². The van der Waals surface area contributed by atoms with Crippen molar-refractivity contribution in [2.75, 3.05) is 26.3 Å². The molecule has 0 aliphatic carbocycles. The summed E-state index contributed by atoms with van der Waals surface area (Å²) >= 11 is 13.6. The van der Waals surface area contributed by atoms with Crippen LogP contribution in [0.2, 0.25) is 5.02 Å². The quantitative estimate of drug-likeness (QED) is 0.730. The molecule has 0 aromatic heterocycles. The van der Waals surface area contributed by atoms with Crippen molar-refractivity contribution >= 4 is 40.6 Å². The third-order valence-electron chi connectivity index (χ3n) is 3.70. The van der Waals surface area contributed by atoms with Gasteiger partial charge in [-0.2, -0.15) is 0 Å². The van der Waals surface area contributed by atoms with E-state index >= 15 is 0 Å². The van der Waals surface area contributed by atoms with Crippen molar-refractivity contribution in [3.8, 4) is 0 Å². The van der Waals surface area contributed by atoms with Gasteiger partial charge in [0.15, 0.2) is 0 Å². The molecule has 1 fully saturated rings. The summed E-state index contributed by atoms with van der Waals surface area (Å²) in [5.41, 5.74) is 1.18. The summed E-state index contributed by atoms with van der Waals surface area (Å²) < 4.78 is 5.40. The first-order chi connectivity index (χ1) is 11.2. The van der Waals surface area contributed by atoms with Crippen LogP contribution in [-0.2, 0) is 11.2 Å². The average molecular weight is 364 g/mol. The number of benzene rings is 2. The van der Waals surface area contributed by atoms with Gasteiger partial charge in [0.1, 0.15) is 0 Å². The second-order valence-corrected chi connectivity index (χ2v) is 7.36. The molecule has 0 amide bonds. The van der Waals surface area contributed by atoms with E-state index in [1.54, 1.807) is 11.8 Å². The maximum Gasteiger partial charge on any atom is 0.0825 e. The number of hydrogen-bond donors (Lipinski definition) is 0. The Morgan fingerprint density at radius 1 is 1.13 bits per heavy atom. The van der Waals surface area contributed by atoms with Crippen LogP contribution in [0.5, 0.6) is 0 Å². The van der Waals surface area contributed by atoms with Crippen LogP contribution >= 0.6 is 35.6 Å². The summed E-state index contributed by atoms with van der Waals surface area (Å²) in [7, 11) is 0. The van der Waals surface area contributed by atoms with E-state index in [-0.39, 0.29) is 0 Å². The smallest absolute Gasteiger partial charge is 0.0825 e. The molecule has 2 aromatic carbocycles. The van der Waals surface area contributed by atoms with E-state index in [4.69, 9.17) is 28.6 Å². The van der Waals surface area contributed by atoms with E-state index in [2.05, 4.69) is 35.2 Å². The van der Waals surface area contributed by atoms with Crippen molar-refractivity contribution in [3.05, 3.63) is 59.1 Å². The van der Waals surface area contributed by atoms with Gasteiger partial charge in [0.2, 0.25) is 0 Å². The molecule has 120 valence electrons. The molecule has 0 bridgehead atoms. The van der Waals surface area contributed by atoms with E-state index in [0.717, 1.165) is 42.7 Å². The van der Waals surface area contributed by atoms with Gasteiger partial charge in [0, 0.05) is 34.3 Å². The SMILES string of the molecule is S=C(Cc1cc(Cl)ccc1Sc1ccccc1)N1CCOCC1. The standard InChI is InChI=1S/C18H18ClNOS2/c19-15-6-7-17(23-16-4-2-1-3-5-16)14(12-15)13-18(22)20-8-10-21-11-9-20/h1-7,12H,8-11,13H2. The van der Waals surface area contributed by atoms with E-state index in [1.807, 2.05) is 18.2 Å². The fourth-order valence-electron chi connectivity index (χ4n) is 2.49. The number of morpholine rings is 1. The molecule has 0 N–H and O–H groups in total. The first kappa shape index (κ1) is 16.8. The Kier molecular flexibility index (Phi) is 5.95. The first-order valence-electron chi connectivity index (χ1n) is 7.59. The number of hydrogen-bond acceptors (Lipinski definition) is 3. The van der Waals surface area contributed by atoms with Gasteiger partial charge < -0.3 is 9.64 Å². The van der Waals surface area contributed by atoms with Gasteiger partial charge in [0.05, 0.1) is 18.2 Å². The van der Waals surface area contributed by atoms with Crippen LogP contribution in [-0.4, -0.2) is 36.2 Å². The number of nitrogens with zero attached hydrogens (tertiary/aromatic N) is 1. The zero-order valence-electron chi connectivity index (χ0n) is 12.7. The minimum absolute atomic E-state index is 0.741. The van der Waals surface area contributed by atoms with Crippen LogP contribution in [0.3, 0.4) is 0 Å². The summed E-state index contributed by atoms with van der Waals surface area (Å²) in [5.74, 6) is 0. The molecule has 1 aliphatic rings. The van der Waals surface area contributed by atoms with Gasteiger partial charge in [-0.3, -0.25) is 0 Å². The third kappa shape index (κ3) is 4.70. The van der Waals surface area contributed by atoms with Crippen LogP contribution in [0, 0.1) is 0 Å². The Labute approximate surface area is 151 Å². The fourth-order valence-corrected chi connectivity index (χ4v) is 3.97. The summed E-state index contributed by atoms with van der Waals surface area (Å²) in [6, 6.07) is 16.4. The van der Waals surface area contributed by atoms with Crippen molar-refractivity contribution in [3.63, 3.8) is 0 Å². The van der Waals surface area contributed by atoms with Crippen molar-refractivity contribution in [1.29, 1.82) is 0 Å². The predicted octanol–water partition coefficient (Wildman–Crippen LogP) is 4.69. The van der Waals surface area contributed by atoms with E-state index in [9.17, 15) is 0 Å². The molecule has 1 aliphatic heterocycles. The highest BCUT2D eigenvalue weighted by Gasteiger charge is 2.16. The molecule has 1 saturated heterocycles. The minimum atomic E-state index is 0.741. The summed E-state index contributed by atoms with van der Waals surface area (Å²) in [6.07, 6.45) is 0.741. The van der Waals surface area contributed by atoms with Crippen molar-refractivity contribution < 1.29 is 4.74 Å². The molecule has 0 saturated carbocycles. The Balaban J connectivity index is 1.77. The highest BCUT2D eigenvalue weighted by atomic mass is 35.5. The van der Waals surface area contributed by atoms with Crippen molar-refractivity contribution in [2.45, 2.75) is 16.2 Å². The lowest BCUT2D eigenvalue weighted by molar-refractivity contribution is 0.0684. The number of rotatable bonds is 4. The van der Waals surface area contributed by atoms with Crippen LogP contribution in [0.1, 0.15) is 5.56 Å². The number of halogens is 1. The minimum Gasteiger partial charge on any atom is -0.378 e. The highest BCUT2D eigenvalue weighted by Crippen LogP contribution is 2.32. The third-order valence-corrected chi connectivity index (χ3v) is 5.46. The second kappa shape index (κ2) is 8.15. The second-order valence-electron chi connectivity index (χ2n) is 5.34. The molecule has 5 heteroatoms. The van der Waals surface area contributed by atoms with Gasteiger partial charge in [-0.25, -0.2) is 0 Å². The summed E-state index contributed by atoms with van der Waals surface area (Å²) in [5, 5.41) is 0.752. The lowest BCUT2D eigenvalue weighted by Gasteiger charge is -2.29. The number of ether oxygens (including phenoxy) is 1. The Bertz CT molecular complexity index is 672. The Morgan fingerprint density at radius 3 is 2.61 bits per heavy atom. The maximum atomic E-state index is 6.20. The van der Waals surface area contributed by atoms with E-state index in [0.29, 0.717) is 0 Å². The lowest BCUT2D eigenvalue weighted by Crippen LogP contribution is -2.40. The molecule has 2 aromatic rings. The first-order valence-corrected chi connectivity index (χ1v) is 9.19. The van der Waals surface area contributed by atoms with Crippen LogP contribution in [0.25, 0.3) is 0 Å². The van der Waals surface area contributed by atoms with E-state index < -0.39 is 0 Å². The summed E-state index contributed by atoms with van der Waals surface area (Å²) in [4.78, 5) is 5.62. The fraction of sp³-hybridized carbons (Fsp3) is 0.278. The zero-order valence-corrected chi connectivity index (χ0v) is 15.1. The Morgan fingerprint density at radius 2 is 1.87 bits per heavy atom. The molecule has 2 nitrogen and oxygen atoms in total. The lowest BCUT2D eigenvalue weighted by atomic mass is 10.1. The predicted molar refractivity (Wildman–Crippen MR) is 101 cm³/mol. The molecule has 3 rings (SSSR count). The molecule has 0 radical (unpaired) electrons. The van der Waals surface area contributed by atoms with Gasteiger partial charge in [-0.1, -0.05) is 53.8 Å². The van der Waals surface area contributed by atoms with E-state index in [1.165, 1.54) is 15.4 Å². The monoisotopic (exact) mass is 363 g/mol. The zero-order chi connectivity index (χ0) is 16.1. The Hall–Kier alpha value is -1.07. The molecule has 1 heterocycles. The largest absolute Gasteiger partial charge is 0.378 e. The van der Waals surface area contributed by atoms with Gasteiger partial charge in [-0.15, -0.1) is 0 Å². The van der Waals surface area contributed by atoms with Crippen LogP contribution in [0.4, 0.5) is 0 Å². The van der Waals surface area contributed by atoms with Crippen molar-refractivity contribution in [2.24, 2.45) is 0 Å². The van der Waals surface area contributed by atoms with Gasteiger partial charge in [0.25, 0.3) is 0 Å². The summed E-state index contributed by atoms with van der Waals surface area (Å²) in [6.45, 7) is 3.25. The maximum absolute atomic E-state index is 6.20. The molecule has 0 unspecified atom stereocenters. The molecular formula is C18H18ClNOS2. The number of thiocarbonyl (C=S) groups is 1. The van der Waals surface area contributed by atoms with Crippen LogP contribution in [0.15, 0.2) is 58.3 Å². The topological polar surface area (TPSA) is 12.5 Å². The molecular weight excluding hydrogens is 346 g/mol. The molecule has 0 atom stereocenters. The average Bonchev–Trinajstić information content (AvgIpc) is 2.59. The van der Waals surface area contributed by atoms with Gasteiger partial charge >= 0.3 is 0 Å². The van der Waals surface area contributed by atoms with Gasteiger partial charge in [-0.05, 0) is 35.9 Å². The highest BCUT2D eigenvalue weighted by molar-refractivity contribution is 7.99. The molecule has 0 spiro atoms. The van der Waals surface area contributed by atoms with Crippen LogP contribution < -0.4 is 0 Å².